The van der Waals surface area contributed by atoms with Crippen molar-refractivity contribution < 1.29 is 0 Å². The van der Waals surface area contributed by atoms with E-state index >= 15 is 0 Å². The molecule has 0 spiro atoms. The molecule has 1 rings (SSSR count). The number of hydrogen-bond acceptors (Lipinski definition) is 4. The maximum atomic E-state index is 5.86. The fraction of sp³-hybridized carbons (Fsp3) is 0.615. The van der Waals surface area contributed by atoms with Crippen LogP contribution in [-0.4, -0.2) is 55.6 Å². The molecule has 0 radical (unpaired) electrons. The van der Waals surface area contributed by atoms with Crippen molar-refractivity contribution in [2.24, 2.45) is 5.73 Å². The third-order valence-corrected chi connectivity index (χ3v) is 2.96. The summed E-state index contributed by atoms with van der Waals surface area (Å²) in [5, 5.41) is 0. The van der Waals surface area contributed by atoms with Gasteiger partial charge in [-0.3, -0.25) is 9.88 Å². The molecular weight excluding hydrogens is 212 g/mol. The Labute approximate surface area is 104 Å². The monoisotopic (exact) mass is 236 g/mol. The van der Waals surface area contributed by atoms with Crippen molar-refractivity contribution in [1.82, 2.24) is 14.8 Å². The van der Waals surface area contributed by atoms with Crippen LogP contribution >= 0.6 is 0 Å². The second kappa shape index (κ2) is 7.37. The van der Waals surface area contributed by atoms with Crippen LogP contribution in [0.25, 0.3) is 0 Å². The summed E-state index contributed by atoms with van der Waals surface area (Å²) in [5.74, 6) is 0. The van der Waals surface area contributed by atoms with Crippen LogP contribution < -0.4 is 5.73 Å². The smallest absolute Gasteiger partial charge is 0.0468 e. The molecule has 0 aromatic carbocycles. The zero-order chi connectivity index (χ0) is 12.7. The Morgan fingerprint density at radius 1 is 1.18 bits per heavy atom. The number of likely N-dealkylation sites (N-methyl/N-ethyl adjacent to an activating group) is 1. The van der Waals surface area contributed by atoms with Gasteiger partial charge >= 0.3 is 0 Å². The van der Waals surface area contributed by atoms with Crippen molar-refractivity contribution >= 4 is 0 Å². The van der Waals surface area contributed by atoms with Crippen molar-refractivity contribution in [1.29, 1.82) is 0 Å². The number of aromatic nitrogens is 1. The zero-order valence-electron chi connectivity index (χ0n) is 11.1. The highest BCUT2D eigenvalue weighted by Gasteiger charge is 2.14. The van der Waals surface area contributed by atoms with E-state index in [4.69, 9.17) is 5.73 Å². The van der Waals surface area contributed by atoms with Gasteiger partial charge in [0.1, 0.15) is 0 Å². The first kappa shape index (κ1) is 14.1. The quantitative estimate of drug-likeness (QED) is 0.766. The average Bonchev–Trinajstić information content (AvgIpc) is 2.31. The van der Waals surface area contributed by atoms with Crippen molar-refractivity contribution in [3.05, 3.63) is 30.1 Å². The standard InChI is InChI=1S/C13H24N4/c1-16(2)9-4-10-17(3)13(11-14)12-5-7-15-8-6-12/h5-8,13H,4,9-11,14H2,1-3H3. The molecule has 1 heterocycles. The van der Waals surface area contributed by atoms with Gasteiger partial charge in [0.2, 0.25) is 0 Å². The molecule has 0 saturated carbocycles. The van der Waals surface area contributed by atoms with Crippen LogP contribution in [0, 0.1) is 0 Å². The van der Waals surface area contributed by atoms with Crippen LogP contribution in [0.4, 0.5) is 0 Å². The van der Waals surface area contributed by atoms with E-state index in [0.29, 0.717) is 12.6 Å². The minimum Gasteiger partial charge on any atom is -0.329 e. The summed E-state index contributed by atoms with van der Waals surface area (Å²) >= 11 is 0. The Morgan fingerprint density at radius 3 is 2.35 bits per heavy atom. The molecule has 96 valence electrons. The van der Waals surface area contributed by atoms with E-state index in [1.165, 1.54) is 5.56 Å². The number of pyridine rings is 1. The van der Waals surface area contributed by atoms with Crippen LogP contribution in [0.5, 0.6) is 0 Å². The van der Waals surface area contributed by atoms with Gasteiger partial charge in [0.25, 0.3) is 0 Å². The fourth-order valence-electron chi connectivity index (χ4n) is 1.95. The van der Waals surface area contributed by atoms with Crippen molar-refractivity contribution in [2.45, 2.75) is 12.5 Å². The highest BCUT2D eigenvalue weighted by Crippen LogP contribution is 2.17. The number of hydrogen-bond donors (Lipinski definition) is 1. The first-order chi connectivity index (χ1) is 8.15. The predicted octanol–water partition coefficient (Wildman–Crippen LogP) is 0.965. The minimum atomic E-state index is 0.292. The molecule has 0 bridgehead atoms. The van der Waals surface area contributed by atoms with Gasteiger partial charge in [-0.15, -0.1) is 0 Å². The second-order valence-corrected chi connectivity index (χ2v) is 4.67. The third-order valence-electron chi connectivity index (χ3n) is 2.96. The van der Waals surface area contributed by atoms with Crippen LogP contribution in [0.3, 0.4) is 0 Å². The topological polar surface area (TPSA) is 45.4 Å². The zero-order valence-corrected chi connectivity index (χ0v) is 11.1. The van der Waals surface area contributed by atoms with E-state index in [1.54, 1.807) is 0 Å². The average molecular weight is 236 g/mol. The lowest BCUT2D eigenvalue weighted by atomic mass is 10.1. The second-order valence-electron chi connectivity index (χ2n) is 4.67. The van der Waals surface area contributed by atoms with E-state index in [1.807, 2.05) is 24.5 Å². The summed E-state index contributed by atoms with van der Waals surface area (Å²) in [7, 11) is 6.33. The maximum Gasteiger partial charge on any atom is 0.0468 e. The molecule has 4 heteroatoms. The van der Waals surface area contributed by atoms with Gasteiger partial charge in [-0.1, -0.05) is 0 Å². The normalized spacial score (nSPS) is 13.3. The van der Waals surface area contributed by atoms with Gasteiger partial charge in [0.05, 0.1) is 0 Å². The molecule has 2 N–H and O–H groups in total. The lowest BCUT2D eigenvalue weighted by molar-refractivity contribution is 0.235. The SMILES string of the molecule is CN(C)CCCN(C)C(CN)c1ccncc1. The first-order valence-electron chi connectivity index (χ1n) is 6.10. The summed E-state index contributed by atoms with van der Waals surface area (Å²) in [4.78, 5) is 8.57. The fourth-order valence-corrected chi connectivity index (χ4v) is 1.95. The van der Waals surface area contributed by atoms with Crippen LogP contribution in [0.1, 0.15) is 18.0 Å². The molecule has 0 aliphatic heterocycles. The molecule has 0 aliphatic carbocycles. The van der Waals surface area contributed by atoms with Gasteiger partial charge in [0, 0.05) is 25.0 Å². The Balaban J connectivity index is 2.50. The summed E-state index contributed by atoms with van der Waals surface area (Å²) < 4.78 is 0. The molecule has 1 unspecified atom stereocenters. The molecule has 1 aromatic heterocycles. The lowest BCUT2D eigenvalue weighted by Crippen LogP contribution is -2.32. The Morgan fingerprint density at radius 2 is 1.82 bits per heavy atom. The van der Waals surface area contributed by atoms with E-state index in [9.17, 15) is 0 Å². The molecule has 1 aromatic rings. The van der Waals surface area contributed by atoms with Gasteiger partial charge in [-0.2, -0.15) is 0 Å². The minimum absolute atomic E-state index is 0.292. The van der Waals surface area contributed by atoms with Gasteiger partial charge < -0.3 is 10.6 Å². The number of nitrogens with two attached hydrogens (primary N) is 1. The molecule has 0 amide bonds. The molecule has 4 nitrogen and oxygen atoms in total. The number of rotatable bonds is 7. The van der Waals surface area contributed by atoms with Crippen molar-refractivity contribution in [3.8, 4) is 0 Å². The molecule has 0 saturated heterocycles. The van der Waals surface area contributed by atoms with Crippen molar-refractivity contribution in [2.75, 3.05) is 40.8 Å². The molecule has 0 fully saturated rings. The summed E-state index contributed by atoms with van der Waals surface area (Å²) in [6.45, 7) is 2.81. The summed E-state index contributed by atoms with van der Waals surface area (Å²) in [6.07, 6.45) is 4.81. The lowest BCUT2D eigenvalue weighted by Gasteiger charge is -2.27. The van der Waals surface area contributed by atoms with Crippen molar-refractivity contribution in [3.63, 3.8) is 0 Å². The van der Waals surface area contributed by atoms with E-state index in [-0.39, 0.29) is 0 Å². The third kappa shape index (κ3) is 4.81. The number of nitrogens with zero attached hydrogens (tertiary/aromatic N) is 3. The van der Waals surface area contributed by atoms with Gasteiger partial charge in [-0.05, 0) is 58.3 Å². The molecule has 1 atom stereocenters. The highest BCUT2D eigenvalue weighted by molar-refractivity contribution is 5.15. The highest BCUT2D eigenvalue weighted by atomic mass is 15.1. The summed E-state index contributed by atoms with van der Waals surface area (Å²) in [6, 6.07) is 4.38. The van der Waals surface area contributed by atoms with E-state index in [2.05, 4.69) is 35.9 Å². The predicted molar refractivity (Wildman–Crippen MR) is 71.8 cm³/mol. The van der Waals surface area contributed by atoms with E-state index in [0.717, 1.165) is 19.5 Å². The van der Waals surface area contributed by atoms with Gasteiger partial charge in [0.15, 0.2) is 0 Å². The summed E-state index contributed by atoms with van der Waals surface area (Å²) in [5.41, 5.74) is 7.11. The van der Waals surface area contributed by atoms with Crippen LogP contribution in [0.15, 0.2) is 24.5 Å². The van der Waals surface area contributed by atoms with E-state index < -0.39 is 0 Å². The van der Waals surface area contributed by atoms with Gasteiger partial charge in [-0.25, -0.2) is 0 Å². The molecule has 17 heavy (non-hydrogen) atoms. The largest absolute Gasteiger partial charge is 0.329 e. The Hall–Kier alpha value is -0.970. The van der Waals surface area contributed by atoms with Crippen LogP contribution in [-0.2, 0) is 0 Å². The Bertz CT molecular complexity index is 300. The maximum absolute atomic E-state index is 5.86. The Kier molecular flexibility index (Phi) is 6.11. The van der Waals surface area contributed by atoms with Crippen LogP contribution in [0.2, 0.25) is 0 Å². The first-order valence-corrected chi connectivity index (χ1v) is 6.10. The molecule has 0 aliphatic rings. The molecular formula is C13H24N4.